The summed E-state index contributed by atoms with van der Waals surface area (Å²) in [6.07, 6.45) is 2.37. The maximum atomic E-state index is 12.3. The van der Waals surface area contributed by atoms with Crippen LogP contribution in [0.4, 0.5) is 0 Å². The molecule has 4 heteroatoms. The number of nitrogens with zero attached hydrogens (tertiary/aromatic N) is 1. The number of ketones is 1. The van der Waals surface area contributed by atoms with Crippen LogP contribution in [-0.2, 0) is 21.4 Å². The molecule has 0 amide bonds. The lowest BCUT2D eigenvalue weighted by Crippen LogP contribution is -2.25. The number of Topliss-reactive ketones (excluding diaryl/α,β-unsaturated/α-hetero) is 1. The van der Waals surface area contributed by atoms with Crippen molar-refractivity contribution in [3.63, 3.8) is 0 Å². The Morgan fingerprint density at radius 3 is 2.84 bits per heavy atom. The fourth-order valence-corrected chi connectivity index (χ4v) is 3.47. The smallest absolute Gasteiger partial charge is 0.145 e. The third-order valence-electron chi connectivity index (χ3n) is 3.67. The van der Waals surface area contributed by atoms with Crippen molar-refractivity contribution in [2.24, 2.45) is 5.92 Å². The Hall–Kier alpha value is -0.740. The zero-order valence-corrected chi connectivity index (χ0v) is 13.0. The van der Waals surface area contributed by atoms with Crippen LogP contribution in [0.15, 0.2) is 5.38 Å². The van der Waals surface area contributed by atoms with Gasteiger partial charge in [-0.3, -0.25) is 4.79 Å². The van der Waals surface area contributed by atoms with E-state index in [2.05, 4.69) is 38.1 Å². The van der Waals surface area contributed by atoms with Crippen LogP contribution >= 0.6 is 11.3 Å². The van der Waals surface area contributed by atoms with Gasteiger partial charge in [-0.1, -0.05) is 27.7 Å². The van der Waals surface area contributed by atoms with Crippen LogP contribution in [-0.4, -0.2) is 23.5 Å². The Kier molecular flexibility index (Phi) is 4.41. The highest BCUT2D eigenvalue weighted by Gasteiger charge is 2.33. The van der Waals surface area contributed by atoms with E-state index >= 15 is 0 Å². The van der Waals surface area contributed by atoms with Gasteiger partial charge in [0.2, 0.25) is 0 Å². The standard InChI is InChI=1S/C15H23NO2S/c1-5-12-10(6-7-18-12)11(17)8-14-16-13(9-19-14)15(2,3)4/h9-10,12H,5-8H2,1-4H3. The Bertz CT molecular complexity index is 447. The van der Waals surface area contributed by atoms with E-state index < -0.39 is 0 Å². The summed E-state index contributed by atoms with van der Waals surface area (Å²) in [6, 6.07) is 0. The van der Waals surface area contributed by atoms with Crippen LogP contribution in [0.5, 0.6) is 0 Å². The molecular formula is C15H23NO2S. The molecule has 3 nitrogen and oxygen atoms in total. The summed E-state index contributed by atoms with van der Waals surface area (Å²) in [5.41, 5.74) is 1.13. The lowest BCUT2D eigenvalue weighted by atomic mass is 9.92. The average molecular weight is 281 g/mol. The summed E-state index contributed by atoms with van der Waals surface area (Å²) in [7, 11) is 0. The van der Waals surface area contributed by atoms with Crippen molar-refractivity contribution >= 4 is 17.1 Å². The zero-order valence-electron chi connectivity index (χ0n) is 12.2. The van der Waals surface area contributed by atoms with Gasteiger partial charge in [0.15, 0.2) is 0 Å². The van der Waals surface area contributed by atoms with Crippen LogP contribution in [0.1, 0.15) is 51.2 Å². The molecule has 2 unspecified atom stereocenters. The average Bonchev–Trinajstić information content (AvgIpc) is 2.95. The molecule has 1 saturated heterocycles. The molecule has 1 aliphatic heterocycles. The first-order chi connectivity index (χ1) is 8.91. The quantitative estimate of drug-likeness (QED) is 0.849. The fourth-order valence-electron chi connectivity index (χ4n) is 2.44. The first-order valence-electron chi connectivity index (χ1n) is 7.01. The molecule has 2 heterocycles. The van der Waals surface area contributed by atoms with Gasteiger partial charge >= 0.3 is 0 Å². The maximum Gasteiger partial charge on any atom is 0.145 e. The lowest BCUT2D eigenvalue weighted by Gasteiger charge is -2.15. The highest BCUT2D eigenvalue weighted by molar-refractivity contribution is 7.09. The Balaban J connectivity index is 2.01. The summed E-state index contributed by atoms with van der Waals surface area (Å²) < 4.78 is 5.60. The molecule has 2 atom stereocenters. The minimum Gasteiger partial charge on any atom is -0.377 e. The van der Waals surface area contributed by atoms with Gasteiger partial charge < -0.3 is 4.74 Å². The first kappa shape index (κ1) is 14.7. The minimum absolute atomic E-state index is 0.0558. The van der Waals surface area contributed by atoms with E-state index in [9.17, 15) is 4.79 Å². The molecule has 1 aromatic rings. The second-order valence-electron chi connectivity index (χ2n) is 6.23. The van der Waals surface area contributed by atoms with Crippen LogP contribution in [0.2, 0.25) is 0 Å². The molecule has 106 valence electrons. The zero-order chi connectivity index (χ0) is 14.0. The number of carbonyl (C=O) groups is 1. The fraction of sp³-hybridized carbons (Fsp3) is 0.733. The molecule has 1 aromatic heterocycles. The summed E-state index contributed by atoms with van der Waals surface area (Å²) in [4.78, 5) is 16.9. The second-order valence-corrected chi connectivity index (χ2v) is 7.17. The number of carbonyl (C=O) groups excluding carboxylic acids is 1. The Labute approximate surface area is 119 Å². The minimum atomic E-state index is 0.0558. The molecule has 19 heavy (non-hydrogen) atoms. The van der Waals surface area contributed by atoms with E-state index in [1.54, 1.807) is 11.3 Å². The van der Waals surface area contributed by atoms with Gasteiger partial charge in [0.25, 0.3) is 0 Å². The third-order valence-corrected chi connectivity index (χ3v) is 4.52. The molecule has 0 spiro atoms. The predicted octanol–water partition coefficient (Wildman–Crippen LogP) is 3.37. The molecule has 1 aliphatic rings. The molecule has 0 aromatic carbocycles. The van der Waals surface area contributed by atoms with Crippen molar-refractivity contribution in [3.05, 3.63) is 16.1 Å². The van der Waals surface area contributed by atoms with Crippen molar-refractivity contribution in [2.45, 2.75) is 58.5 Å². The highest BCUT2D eigenvalue weighted by Crippen LogP contribution is 2.28. The van der Waals surface area contributed by atoms with Crippen molar-refractivity contribution in [3.8, 4) is 0 Å². The summed E-state index contributed by atoms with van der Waals surface area (Å²) in [5, 5.41) is 3.02. The van der Waals surface area contributed by atoms with Crippen LogP contribution in [0.25, 0.3) is 0 Å². The van der Waals surface area contributed by atoms with Crippen LogP contribution < -0.4 is 0 Å². The number of rotatable bonds is 4. The molecule has 0 radical (unpaired) electrons. The monoisotopic (exact) mass is 281 g/mol. The molecule has 0 bridgehead atoms. The van der Waals surface area contributed by atoms with Crippen LogP contribution in [0.3, 0.4) is 0 Å². The highest BCUT2D eigenvalue weighted by atomic mass is 32.1. The number of ether oxygens (including phenoxy) is 1. The second kappa shape index (κ2) is 5.71. The lowest BCUT2D eigenvalue weighted by molar-refractivity contribution is -0.123. The molecule has 2 rings (SSSR count). The number of aromatic nitrogens is 1. The van der Waals surface area contributed by atoms with Gasteiger partial charge in [-0.2, -0.15) is 0 Å². The number of thiazole rings is 1. The maximum absolute atomic E-state index is 12.3. The summed E-state index contributed by atoms with van der Waals surface area (Å²) >= 11 is 1.60. The van der Waals surface area contributed by atoms with Gasteiger partial charge in [-0.05, 0) is 12.8 Å². The Morgan fingerprint density at radius 2 is 2.26 bits per heavy atom. The topological polar surface area (TPSA) is 39.2 Å². The largest absolute Gasteiger partial charge is 0.377 e. The number of hydrogen-bond donors (Lipinski definition) is 0. The van der Waals surface area contributed by atoms with E-state index in [0.29, 0.717) is 12.2 Å². The SMILES string of the molecule is CCC1OCCC1C(=O)Cc1nc(C(C)(C)C)cs1. The van der Waals surface area contributed by atoms with Crippen molar-refractivity contribution < 1.29 is 9.53 Å². The van der Waals surface area contributed by atoms with Crippen LogP contribution in [0, 0.1) is 5.92 Å². The molecule has 0 aliphatic carbocycles. The van der Waals surface area contributed by atoms with E-state index in [0.717, 1.165) is 30.2 Å². The van der Waals surface area contributed by atoms with E-state index in [4.69, 9.17) is 4.74 Å². The van der Waals surface area contributed by atoms with E-state index in [-0.39, 0.29) is 17.4 Å². The molecule has 0 saturated carbocycles. The van der Waals surface area contributed by atoms with Crippen molar-refractivity contribution in [1.29, 1.82) is 0 Å². The third kappa shape index (κ3) is 3.42. The van der Waals surface area contributed by atoms with E-state index in [1.165, 1.54) is 0 Å². The van der Waals surface area contributed by atoms with Gasteiger partial charge in [0.05, 0.1) is 18.2 Å². The molecule has 1 fully saturated rings. The number of hydrogen-bond acceptors (Lipinski definition) is 4. The Morgan fingerprint density at radius 1 is 1.53 bits per heavy atom. The van der Waals surface area contributed by atoms with Gasteiger partial charge in [-0.25, -0.2) is 4.98 Å². The first-order valence-corrected chi connectivity index (χ1v) is 7.89. The van der Waals surface area contributed by atoms with Crippen molar-refractivity contribution in [2.75, 3.05) is 6.61 Å². The normalized spacial score (nSPS) is 23.8. The predicted molar refractivity (Wildman–Crippen MR) is 77.7 cm³/mol. The summed E-state index contributed by atoms with van der Waals surface area (Å²) in [5.74, 6) is 0.367. The van der Waals surface area contributed by atoms with Gasteiger partial charge in [0.1, 0.15) is 10.8 Å². The summed E-state index contributed by atoms with van der Waals surface area (Å²) in [6.45, 7) is 9.24. The van der Waals surface area contributed by atoms with E-state index in [1.807, 2.05) is 0 Å². The molecular weight excluding hydrogens is 258 g/mol. The van der Waals surface area contributed by atoms with Gasteiger partial charge in [0, 0.05) is 23.3 Å². The van der Waals surface area contributed by atoms with Gasteiger partial charge in [-0.15, -0.1) is 11.3 Å². The molecule has 0 N–H and O–H groups in total. The van der Waals surface area contributed by atoms with Crippen molar-refractivity contribution in [1.82, 2.24) is 4.98 Å².